The summed E-state index contributed by atoms with van der Waals surface area (Å²) in [4.78, 5) is 11.8. The summed E-state index contributed by atoms with van der Waals surface area (Å²) in [7, 11) is 0. The van der Waals surface area contributed by atoms with Crippen LogP contribution in [-0.2, 0) is 9.53 Å². The Hall–Kier alpha value is -0.280. The first-order chi connectivity index (χ1) is 7.75. The van der Waals surface area contributed by atoms with Crippen LogP contribution >= 0.6 is 11.6 Å². The van der Waals surface area contributed by atoms with Gasteiger partial charge in [-0.05, 0) is 44.4 Å². The number of alkyl halides is 1. The van der Waals surface area contributed by atoms with Gasteiger partial charge in [0.05, 0.1) is 0 Å². The number of carbonyl (C=O) groups is 1. The molecule has 1 aliphatic carbocycles. The second-order valence-electron chi connectivity index (χ2n) is 4.88. The molecule has 1 saturated heterocycles. The van der Waals surface area contributed by atoms with Crippen molar-refractivity contribution >= 4 is 17.5 Å². The predicted molar refractivity (Wildman–Crippen MR) is 63.6 cm³/mol. The molecule has 0 aromatic carbocycles. The highest BCUT2D eigenvalue weighted by Gasteiger charge is 2.25. The van der Waals surface area contributed by atoms with Crippen LogP contribution in [0, 0.1) is 5.92 Å². The summed E-state index contributed by atoms with van der Waals surface area (Å²) >= 11 is 6.03. The lowest BCUT2D eigenvalue weighted by Crippen LogP contribution is -2.40. The minimum atomic E-state index is -0.207. The third kappa shape index (κ3) is 3.36. The van der Waals surface area contributed by atoms with E-state index in [4.69, 9.17) is 16.3 Å². The van der Waals surface area contributed by atoms with Gasteiger partial charge in [-0.1, -0.05) is 0 Å². The van der Waals surface area contributed by atoms with Crippen molar-refractivity contribution in [3.63, 3.8) is 0 Å². The Morgan fingerprint density at radius 1 is 1.31 bits per heavy atom. The molecule has 1 saturated carbocycles. The van der Waals surface area contributed by atoms with E-state index >= 15 is 0 Å². The van der Waals surface area contributed by atoms with Crippen LogP contribution in [0.5, 0.6) is 0 Å². The highest BCUT2D eigenvalue weighted by Crippen LogP contribution is 2.28. The van der Waals surface area contributed by atoms with Crippen LogP contribution < -0.4 is 5.32 Å². The first kappa shape index (κ1) is 12.2. The molecule has 0 bridgehead atoms. The van der Waals surface area contributed by atoms with Gasteiger partial charge in [-0.2, -0.15) is 0 Å². The van der Waals surface area contributed by atoms with Crippen molar-refractivity contribution in [1.29, 1.82) is 0 Å². The van der Waals surface area contributed by atoms with Crippen LogP contribution in [0.1, 0.15) is 38.5 Å². The number of amides is 1. The summed E-state index contributed by atoms with van der Waals surface area (Å²) in [5.41, 5.74) is 0. The third-order valence-electron chi connectivity index (χ3n) is 3.51. The van der Waals surface area contributed by atoms with Crippen molar-refractivity contribution in [2.75, 3.05) is 13.2 Å². The molecule has 16 heavy (non-hydrogen) atoms. The first-order valence-corrected chi connectivity index (χ1v) is 6.72. The first-order valence-electron chi connectivity index (χ1n) is 6.29. The Balaban J connectivity index is 1.66. The number of carbonyl (C=O) groups excluding carboxylic acids is 1. The van der Waals surface area contributed by atoms with Crippen molar-refractivity contribution < 1.29 is 9.53 Å². The standard InChI is InChI=1S/C12H20ClNO2/c13-10-5-4-9(7-10)8-14-12(15)11-3-1-2-6-16-11/h9-11H,1-8H2,(H,14,15). The molecule has 1 amide bonds. The molecule has 3 unspecified atom stereocenters. The van der Waals surface area contributed by atoms with E-state index in [-0.39, 0.29) is 12.0 Å². The van der Waals surface area contributed by atoms with Gasteiger partial charge in [0.25, 0.3) is 0 Å². The van der Waals surface area contributed by atoms with Gasteiger partial charge in [-0.25, -0.2) is 0 Å². The van der Waals surface area contributed by atoms with Crippen molar-refractivity contribution in [2.45, 2.75) is 50.0 Å². The van der Waals surface area contributed by atoms with E-state index < -0.39 is 0 Å². The maximum absolute atomic E-state index is 11.8. The predicted octanol–water partition coefficient (Wildman–Crippen LogP) is 2.08. The average molecular weight is 246 g/mol. The van der Waals surface area contributed by atoms with Gasteiger partial charge >= 0.3 is 0 Å². The van der Waals surface area contributed by atoms with Gasteiger partial charge in [0.15, 0.2) is 0 Å². The Morgan fingerprint density at radius 2 is 2.19 bits per heavy atom. The lowest BCUT2D eigenvalue weighted by Gasteiger charge is -2.22. The summed E-state index contributed by atoms with van der Waals surface area (Å²) in [5.74, 6) is 0.632. The summed E-state index contributed by atoms with van der Waals surface area (Å²) in [6, 6.07) is 0. The number of nitrogens with one attached hydrogen (secondary N) is 1. The third-order valence-corrected chi connectivity index (χ3v) is 3.91. The zero-order chi connectivity index (χ0) is 11.4. The summed E-state index contributed by atoms with van der Waals surface area (Å²) in [5, 5.41) is 3.31. The number of hydrogen-bond acceptors (Lipinski definition) is 2. The van der Waals surface area contributed by atoms with Gasteiger partial charge in [0.1, 0.15) is 6.10 Å². The zero-order valence-electron chi connectivity index (χ0n) is 9.58. The van der Waals surface area contributed by atoms with Crippen LogP contribution in [0.2, 0.25) is 0 Å². The quantitative estimate of drug-likeness (QED) is 0.774. The molecule has 3 nitrogen and oxygen atoms in total. The van der Waals surface area contributed by atoms with Crippen LogP contribution in [0.4, 0.5) is 0 Å². The Labute approximate surface area is 102 Å². The van der Waals surface area contributed by atoms with Gasteiger partial charge in [-0.3, -0.25) is 4.79 Å². The number of rotatable bonds is 3. The topological polar surface area (TPSA) is 38.3 Å². The highest BCUT2D eigenvalue weighted by molar-refractivity contribution is 6.20. The molecule has 0 aromatic rings. The average Bonchev–Trinajstić information content (AvgIpc) is 2.73. The molecule has 0 radical (unpaired) electrons. The molecule has 0 aromatic heterocycles. The number of ether oxygens (including phenoxy) is 1. The van der Waals surface area contributed by atoms with Crippen LogP contribution in [0.15, 0.2) is 0 Å². The lowest BCUT2D eigenvalue weighted by molar-refractivity contribution is -0.135. The van der Waals surface area contributed by atoms with Gasteiger partial charge in [0.2, 0.25) is 5.91 Å². The molecule has 2 fully saturated rings. The Kier molecular flexibility index (Phi) is 4.47. The molecule has 1 aliphatic heterocycles. The van der Waals surface area contributed by atoms with Gasteiger partial charge in [0, 0.05) is 18.5 Å². The van der Waals surface area contributed by atoms with Crippen molar-refractivity contribution in [1.82, 2.24) is 5.32 Å². The van der Waals surface area contributed by atoms with E-state index in [1.807, 2.05) is 0 Å². The summed E-state index contributed by atoms with van der Waals surface area (Å²) in [6.45, 7) is 1.49. The SMILES string of the molecule is O=C(NCC1CCC(Cl)C1)C1CCCCO1. The number of hydrogen-bond donors (Lipinski definition) is 1. The summed E-state index contributed by atoms with van der Waals surface area (Å²) < 4.78 is 5.44. The molecular formula is C12H20ClNO2. The van der Waals surface area contributed by atoms with Crippen molar-refractivity contribution in [2.24, 2.45) is 5.92 Å². The molecule has 92 valence electrons. The van der Waals surface area contributed by atoms with E-state index in [2.05, 4.69) is 5.32 Å². The monoisotopic (exact) mass is 245 g/mol. The minimum Gasteiger partial charge on any atom is -0.368 e. The second kappa shape index (κ2) is 5.87. The van der Waals surface area contributed by atoms with E-state index in [0.29, 0.717) is 11.3 Å². The maximum atomic E-state index is 11.8. The molecular weight excluding hydrogens is 226 g/mol. The fourth-order valence-electron chi connectivity index (χ4n) is 2.51. The number of halogens is 1. The maximum Gasteiger partial charge on any atom is 0.249 e. The van der Waals surface area contributed by atoms with Gasteiger partial charge < -0.3 is 10.1 Å². The fourth-order valence-corrected chi connectivity index (χ4v) is 2.88. The van der Waals surface area contributed by atoms with Crippen LogP contribution in [0.25, 0.3) is 0 Å². The van der Waals surface area contributed by atoms with Crippen LogP contribution in [-0.4, -0.2) is 30.5 Å². The largest absolute Gasteiger partial charge is 0.368 e. The molecule has 0 spiro atoms. The van der Waals surface area contributed by atoms with Crippen LogP contribution in [0.3, 0.4) is 0 Å². The summed E-state index contributed by atoms with van der Waals surface area (Å²) in [6.07, 6.45) is 6.11. The highest BCUT2D eigenvalue weighted by atomic mass is 35.5. The molecule has 1 heterocycles. The molecule has 2 aliphatic rings. The van der Waals surface area contributed by atoms with E-state index in [1.54, 1.807) is 0 Å². The van der Waals surface area contributed by atoms with Crippen molar-refractivity contribution in [3.8, 4) is 0 Å². The fraction of sp³-hybridized carbons (Fsp3) is 0.917. The van der Waals surface area contributed by atoms with Crippen molar-refractivity contribution in [3.05, 3.63) is 0 Å². The van der Waals surface area contributed by atoms with E-state index in [1.165, 1.54) is 0 Å². The minimum absolute atomic E-state index is 0.0673. The van der Waals surface area contributed by atoms with E-state index in [0.717, 1.165) is 51.7 Å². The molecule has 2 rings (SSSR count). The second-order valence-corrected chi connectivity index (χ2v) is 5.49. The normalized spacial score (nSPS) is 34.9. The molecule has 4 heteroatoms. The van der Waals surface area contributed by atoms with E-state index in [9.17, 15) is 4.79 Å². The molecule has 3 atom stereocenters. The Morgan fingerprint density at radius 3 is 2.81 bits per heavy atom. The Bertz CT molecular complexity index is 241. The smallest absolute Gasteiger partial charge is 0.249 e. The molecule has 1 N–H and O–H groups in total. The zero-order valence-corrected chi connectivity index (χ0v) is 10.3. The lowest BCUT2D eigenvalue weighted by atomic mass is 10.1. The van der Waals surface area contributed by atoms with Gasteiger partial charge in [-0.15, -0.1) is 11.6 Å².